The van der Waals surface area contributed by atoms with Gasteiger partial charge in [-0.25, -0.2) is 4.68 Å². The highest BCUT2D eigenvalue weighted by Gasteiger charge is 2.06. The van der Waals surface area contributed by atoms with E-state index in [0.717, 1.165) is 11.0 Å². The maximum absolute atomic E-state index is 4.06. The van der Waals surface area contributed by atoms with Gasteiger partial charge in [-0.1, -0.05) is 23.4 Å². The SMILES string of the molecule is C=C[C@H](C)n1nnc2ccccc21. The second kappa shape index (κ2) is 3.01. The topological polar surface area (TPSA) is 30.7 Å². The smallest absolute Gasteiger partial charge is 0.113 e. The van der Waals surface area contributed by atoms with Crippen molar-refractivity contribution in [3.05, 3.63) is 36.9 Å². The van der Waals surface area contributed by atoms with E-state index in [9.17, 15) is 0 Å². The van der Waals surface area contributed by atoms with Crippen molar-refractivity contribution in [3.8, 4) is 0 Å². The molecular weight excluding hydrogens is 162 g/mol. The first-order chi connectivity index (χ1) is 6.33. The van der Waals surface area contributed by atoms with Gasteiger partial charge in [0.15, 0.2) is 0 Å². The van der Waals surface area contributed by atoms with Crippen LogP contribution in [0.4, 0.5) is 0 Å². The minimum atomic E-state index is 0.187. The molecule has 3 nitrogen and oxygen atoms in total. The molecule has 0 spiro atoms. The Labute approximate surface area is 76.7 Å². The van der Waals surface area contributed by atoms with Crippen LogP contribution in [0.3, 0.4) is 0 Å². The highest BCUT2D eigenvalue weighted by molar-refractivity contribution is 5.74. The van der Waals surface area contributed by atoms with Crippen LogP contribution in [0.2, 0.25) is 0 Å². The monoisotopic (exact) mass is 173 g/mol. The largest absolute Gasteiger partial charge is 0.238 e. The van der Waals surface area contributed by atoms with Gasteiger partial charge in [0.2, 0.25) is 0 Å². The van der Waals surface area contributed by atoms with Crippen LogP contribution in [0, 0.1) is 0 Å². The molecule has 1 atom stereocenters. The number of hydrogen-bond acceptors (Lipinski definition) is 2. The number of allylic oxidation sites excluding steroid dienone is 1. The van der Waals surface area contributed by atoms with Gasteiger partial charge in [-0.15, -0.1) is 11.7 Å². The number of hydrogen-bond donors (Lipinski definition) is 0. The van der Waals surface area contributed by atoms with Crippen LogP contribution in [-0.4, -0.2) is 15.0 Å². The molecule has 1 aromatic carbocycles. The van der Waals surface area contributed by atoms with Crippen LogP contribution < -0.4 is 0 Å². The summed E-state index contributed by atoms with van der Waals surface area (Å²) in [5.74, 6) is 0. The molecule has 0 aliphatic rings. The standard InChI is InChI=1S/C10H11N3/c1-3-8(2)13-10-7-5-4-6-9(10)11-12-13/h3-8H,1H2,2H3/t8-/m0/s1. The van der Waals surface area contributed by atoms with E-state index >= 15 is 0 Å². The van der Waals surface area contributed by atoms with Crippen LogP contribution in [0.5, 0.6) is 0 Å². The number of para-hydroxylation sites is 1. The van der Waals surface area contributed by atoms with Crippen LogP contribution in [0.15, 0.2) is 36.9 Å². The van der Waals surface area contributed by atoms with Crippen molar-refractivity contribution in [2.45, 2.75) is 13.0 Å². The molecule has 2 rings (SSSR count). The Bertz CT molecular complexity index is 430. The average Bonchev–Trinajstić information content (AvgIpc) is 2.60. The van der Waals surface area contributed by atoms with Gasteiger partial charge in [0.05, 0.1) is 11.6 Å². The summed E-state index contributed by atoms with van der Waals surface area (Å²) in [6, 6.07) is 8.09. The summed E-state index contributed by atoms with van der Waals surface area (Å²) in [6.45, 7) is 5.77. The van der Waals surface area contributed by atoms with Crippen molar-refractivity contribution in [1.29, 1.82) is 0 Å². The summed E-state index contributed by atoms with van der Waals surface area (Å²) in [7, 11) is 0. The lowest BCUT2D eigenvalue weighted by Gasteiger charge is -2.05. The molecule has 0 radical (unpaired) electrons. The molecule has 0 bridgehead atoms. The molecule has 0 aliphatic heterocycles. The molecule has 1 heterocycles. The molecule has 1 aromatic heterocycles. The Morgan fingerprint density at radius 1 is 1.46 bits per heavy atom. The fraction of sp³-hybridized carbons (Fsp3) is 0.200. The predicted octanol–water partition coefficient (Wildman–Crippen LogP) is 2.18. The molecule has 66 valence electrons. The van der Waals surface area contributed by atoms with Crippen LogP contribution >= 0.6 is 0 Å². The molecule has 2 aromatic rings. The van der Waals surface area contributed by atoms with E-state index in [0.29, 0.717) is 0 Å². The van der Waals surface area contributed by atoms with Gasteiger partial charge in [0.1, 0.15) is 5.52 Å². The van der Waals surface area contributed by atoms with Gasteiger partial charge in [-0.05, 0) is 19.1 Å². The highest BCUT2D eigenvalue weighted by atomic mass is 15.4. The van der Waals surface area contributed by atoms with Crippen molar-refractivity contribution in [1.82, 2.24) is 15.0 Å². The molecule has 0 saturated heterocycles. The lowest BCUT2D eigenvalue weighted by molar-refractivity contribution is 0.576. The molecule has 0 amide bonds. The van der Waals surface area contributed by atoms with Gasteiger partial charge in [0, 0.05) is 0 Å². The fourth-order valence-corrected chi connectivity index (χ4v) is 1.29. The second-order valence-electron chi connectivity index (χ2n) is 3.00. The molecule has 0 saturated carbocycles. The van der Waals surface area contributed by atoms with Crippen molar-refractivity contribution < 1.29 is 0 Å². The minimum absolute atomic E-state index is 0.187. The number of nitrogens with zero attached hydrogens (tertiary/aromatic N) is 3. The third-order valence-electron chi connectivity index (χ3n) is 2.10. The lowest BCUT2D eigenvalue weighted by atomic mass is 10.3. The summed E-state index contributed by atoms with van der Waals surface area (Å²) in [5.41, 5.74) is 1.98. The quantitative estimate of drug-likeness (QED) is 0.652. The van der Waals surface area contributed by atoms with E-state index in [1.165, 1.54) is 0 Å². The van der Waals surface area contributed by atoms with E-state index in [-0.39, 0.29) is 6.04 Å². The molecular formula is C10H11N3. The van der Waals surface area contributed by atoms with Crippen molar-refractivity contribution >= 4 is 11.0 Å². The maximum atomic E-state index is 4.06. The van der Waals surface area contributed by atoms with Gasteiger partial charge in [-0.3, -0.25) is 0 Å². The Morgan fingerprint density at radius 2 is 2.23 bits per heavy atom. The van der Waals surface area contributed by atoms with E-state index in [1.54, 1.807) is 0 Å². The molecule has 0 N–H and O–H groups in total. The summed E-state index contributed by atoms with van der Waals surface area (Å²) in [4.78, 5) is 0. The van der Waals surface area contributed by atoms with E-state index in [1.807, 2.05) is 41.9 Å². The number of benzene rings is 1. The normalized spacial score (nSPS) is 13.0. The predicted molar refractivity (Wildman–Crippen MR) is 52.4 cm³/mol. The molecule has 3 heteroatoms. The Balaban J connectivity index is 2.64. The van der Waals surface area contributed by atoms with Crippen LogP contribution in [0.1, 0.15) is 13.0 Å². The van der Waals surface area contributed by atoms with Gasteiger partial charge in [-0.2, -0.15) is 0 Å². The van der Waals surface area contributed by atoms with Crippen LogP contribution in [-0.2, 0) is 0 Å². The summed E-state index contributed by atoms with van der Waals surface area (Å²) >= 11 is 0. The summed E-state index contributed by atoms with van der Waals surface area (Å²) < 4.78 is 1.86. The first kappa shape index (κ1) is 7.98. The zero-order valence-corrected chi connectivity index (χ0v) is 7.51. The van der Waals surface area contributed by atoms with Crippen LogP contribution in [0.25, 0.3) is 11.0 Å². The molecule has 0 fully saturated rings. The molecule has 0 unspecified atom stereocenters. The second-order valence-corrected chi connectivity index (χ2v) is 3.00. The maximum Gasteiger partial charge on any atom is 0.113 e. The first-order valence-corrected chi connectivity index (χ1v) is 4.25. The van der Waals surface area contributed by atoms with E-state index in [2.05, 4.69) is 16.9 Å². The van der Waals surface area contributed by atoms with E-state index in [4.69, 9.17) is 0 Å². The van der Waals surface area contributed by atoms with Crippen molar-refractivity contribution in [2.24, 2.45) is 0 Å². The number of aromatic nitrogens is 3. The van der Waals surface area contributed by atoms with E-state index < -0.39 is 0 Å². The van der Waals surface area contributed by atoms with Crippen molar-refractivity contribution in [2.75, 3.05) is 0 Å². The van der Waals surface area contributed by atoms with Crippen molar-refractivity contribution in [3.63, 3.8) is 0 Å². The minimum Gasteiger partial charge on any atom is -0.238 e. The summed E-state index contributed by atoms with van der Waals surface area (Å²) in [6.07, 6.45) is 1.85. The molecule has 0 aliphatic carbocycles. The van der Waals surface area contributed by atoms with Gasteiger partial charge in [0.25, 0.3) is 0 Å². The third-order valence-corrected chi connectivity index (χ3v) is 2.10. The zero-order chi connectivity index (χ0) is 9.26. The van der Waals surface area contributed by atoms with Gasteiger partial charge >= 0.3 is 0 Å². The average molecular weight is 173 g/mol. The Hall–Kier alpha value is -1.64. The zero-order valence-electron chi connectivity index (χ0n) is 7.51. The van der Waals surface area contributed by atoms with Gasteiger partial charge < -0.3 is 0 Å². The lowest BCUT2D eigenvalue weighted by Crippen LogP contribution is -2.03. The molecule has 13 heavy (non-hydrogen) atoms. The number of rotatable bonds is 2. The number of fused-ring (bicyclic) bond motifs is 1. The third kappa shape index (κ3) is 1.22. The Morgan fingerprint density at radius 3 is 3.00 bits per heavy atom. The Kier molecular flexibility index (Phi) is 1.85. The summed E-state index contributed by atoms with van der Waals surface area (Å²) in [5, 5.41) is 8.11. The fourth-order valence-electron chi connectivity index (χ4n) is 1.29. The highest BCUT2D eigenvalue weighted by Crippen LogP contribution is 2.14. The first-order valence-electron chi connectivity index (χ1n) is 4.25.